The SMILES string of the molecule is Cc1cccc(OCc2nc3c(o2)CN(C(=O)c2ccccc2)CC3)c1. The highest BCUT2D eigenvalue weighted by Crippen LogP contribution is 2.22. The smallest absolute Gasteiger partial charge is 0.254 e. The van der Waals surface area contributed by atoms with Crippen LogP contribution in [0.3, 0.4) is 0 Å². The van der Waals surface area contributed by atoms with Crippen molar-refractivity contribution < 1.29 is 13.9 Å². The summed E-state index contributed by atoms with van der Waals surface area (Å²) >= 11 is 0. The number of carbonyl (C=O) groups is 1. The Morgan fingerprint density at radius 3 is 2.85 bits per heavy atom. The molecule has 0 radical (unpaired) electrons. The molecule has 2 heterocycles. The molecule has 1 amide bonds. The first kappa shape index (κ1) is 16.4. The summed E-state index contributed by atoms with van der Waals surface area (Å²) in [6, 6.07) is 17.2. The number of rotatable bonds is 4. The monoisotopic (exact) mass is 348 g/mol. The molecule has 0 fully saturated rings. The zero-order valence-electron chi connectivity index (χ0n) is 14.6. The van der Waals surface area contributed by atoms with Crippen molar-refractivity contribution in [3.8, 4) is 5.75 Å². The summed E-state index contributed by atoms with van der Waals surface area (Å²) in [4.78, 5) is 18.9. The van der Waals surface area contributed by atoms with Crippen molar-refractivity contribution in [1.29, 1.82) is 0 Å². The highest BCUT2D eigenvalue weighted by Gasteiger charge is 2.26. The molecule has 5 heteroatoms. The Bertz CT molecular complexity index is 918. The minimum Gasteiger partial charge on any atom is -0.484 e. The molecule has 1 aromatic heterocycles. The van der Waals surface area contributed by atoms with Crippen LogP contribution >= 0.6 is 0 Å². The Morgan fingerprint density at radius 2 is 2.04 bits per heavy atom. The van der Waals surface area contributed by atoms with Crippen LogP contribution < -0.4 is 4.74 Å². The van der Waals surface area contributed by atoms with Gasteiger partial charge < -0.3 is 14.1 Å². The number of hydrogen-bond donors (Lipinski definition) is 0. The van der Waals surface area contributed by atoms with Crippen LogP contribution in [0.5, 0.6) is 5.75 Å². The fraction of sp³-hybridized carbons (Fsp3) is 0.238. The highest BCUT2D eigenvalue weighted by molar-refractivity contribution is 5.94. The molecule has 0 spiro atoms. The summed E-state index contributed by atoms with van der Waals surface area (Å²) in [5.74, 6) is 2.11. The maximum Gasteiger partial charge on any atom is 0.254 e. The van der Waals surface area contributed by atoms with E-state index in [0.717, 1.165) is 22.8 Å². The Kier molecular flexibility index (Phi) is 4.44. The van der Waals surface area contributed by atoms with E-state index in [0.29, 0.717) is 31.0 Å². The lowest BCUT2D eigenvalue weighted by Gasteiger charge is -2.25. The number of benzene rings is 2. The minimum atomic E-state index is 0.0187. The van der Waals surface area contributed by atoms with Crippen molar-refractivity contribution in [2.24, 2.45) is 0 Å². The van der Waals surface area contributed by atoms with Crippen LogP contribution in [0, 0.1) is 6.92 Å². The zero-order valence-corrected chi connectivity index (χ0v) is 14.6. The number of nitrogens with zero attached hydrogens (tertiary/aromatic N) is 2. The average molecular weight is 348 g/mol. The second-order valence-electron chi connectivity index (χ2n) is 6.43. The van der Waals surface area contributed by atoms with E-state index in [1.807, 2.05) is 61.5 Å². The normalized spacial score (nSPS) is 13.3. The molecule has 5 nitrogen and oxygen atoms in total. The number of aryl methyl sites for hydroxylation is 1. The summed E-state index contributed by atoms with van der Waals surface area (Å²) in [6.07, 6.45) is 0.696. The van der Waals surface area contributed by atoms with E-state index in [1.165, 1.54) is 0 Å². The first-order valence-corrected chi connectivity index (χ1v) is 8.70. The largest absolute Gasteiger partial charge is 0.484 e. The molecule has 0 atom stereocenters. The summed E-state index contributed by atoms with van der Waals surface area (Å²) in [5.41, 5.74) is 2.76. The van der Waals surface area contributed by atoms with Crippen LogP contribution in [-0.4, -0.2) is 22.3 Å². The Hall–Kier alpha value is -3.08. The zero-order chi connectivity index (χ0) is 17.9. The summed E-state index contributed by atoms with van der Waals surface area (Å²) in [7, 11) is 0. The Morgan fingerprint density at radius 1 is 1.19 bits per heavy atom. The van der Waals surface area contributed by atoms with Crippen LogP contribution in [0.1, 0.15) is 33.3 Å². The maximum atomic E-state index is 12.6. The van der Waals surface area contributed by atoms with E-state index < -0.39 is 0 Å². The van der Waals surface area contributed by atoms with Gasteiger partial charge in [0.05, 0.1) is 12.2 Å². The molecular formula is C21H20N2O3. The van der Waals surface area contributed by atoms with E-state index in [2.05, 4.69) is 4.98 Å². The number of hydrogen-bond acceptors (Lipinski definition) is 4. The van der Waals surface area contributed by atoms with Crippen molar-refractivity contribution in [1.82, 2.24) is 9.88 Å². The van der Waals surface area contributed by atoms with Gasteiger partial charge in [-0.2, -0.15) is 0 Å². The molecule has 2 aromatic carbocycles. The molecule has 0 saturated carbocycles. The van der Waals surface area contributed by atoms with Gasteiger partial charge in [-0.15, -0.1) is 0 Å². The van der Waals surface area contributed by atoms with E-state index in [9.17, 15) is 4.79 Å². The van der Waals surface area contributed by atoms with Crippen LogP contribution in [0.25, 0.3) is 0 Å². The summed E-state index contributed by atoms with van der Waals surface area (Å²) in [5, 5.41) is 0. The topological polar surface area (TPSA) is 55.6 Å². The molecular weight excluding hydrogens is 328 g/mol. The van der Waals surface area contributed by atoms with Gasteiger partial charge in [0.15, 0.2) is 6.61 Å². The molecule has 132 valence electrons. The van der Waals surface area contributed by atoms with E-state index in [1.54, 1.807) is 4.90 Å². The second kappa shape index (κ2) is 7.04. The van der Waals surface area contributed by atoms with Gasteiger partial charge in [-0.1, -0.05) is 30.3 Å². The number of oxazole rings is 1. The quantitative estimate of drug-likeness (QED) is 0.720. The molecule has 1 aliphatic heterocycles. The van der Waals surface area contributed by atoms with Gasteiger partial charge in [0, 0.05) is 18.5 Å². The molecule has 4 rings (SSSR count). The maximum absolute atomic E-state index is 12.6. The van der Waals surface area contributed by atoms with E-state index in [-0.39, 0.29) is 12.5 Å². The third-order valence-corrected chi connectivity index (χ3v) is 4.44. The molecule has 0 N–H and O–H groups in total. The van der Waals surface area contributed by atoms with Gasteiger partial charge in [0.1, 0.15) is 11.5 Å². The predicted octanol–water partition coefficient (Wildman–Crippen LogP) is 3.76. The predicted molar refractivity (Wildman–Crippen MR) is 96.9 cm³/mol. The second-order valence-corrected chi connectivity index (χ2v) is 6.43. The van der Waals surface area contributed by atoms with Gasteiger partial charge in [0.2, 0.25) is 5.89 Å². The third kappa shape index (κ3) is 3.47. The summed E-state index contributed by atoms with van der Waals surface area (Å²) < 4.78 is 11.6. The fourth-order valence-corrected chi connectivity index (χ4v) is 3.10. The van der Waals surface area contributed by atoms with E-state index in [4.69, 9.17) is 9.15 Å². The number of amides is 1. The lowest BCUT2D eigenvalue weighted by Crippen LogP contribution is -2.35. The number of carbonyl (C=O) groups excluding carboxylic acids is 1. The fourth-order valence-electron chi connectivity index (χ4n) is 3.10. The van der Waals surface area contributed by atoms with Crippen molar-refractivity contribution in [3.05, 3.63) is 83.1 Å². The van der Waals surface area contributed by atoms with Crippen molar-refractivity contribution in [2.75, 3.05) is 6.54 Å². The Labute approximate surface area is 152 Å². The van der Waals surface area contributed by atoms with Crippen LogP contribution in [0.15, 0.2) is 59.0 Å². The molecule has 1 aliphatic rings. The number of ether oxygens (including phenoxy) is 1. The molecule has 26 heavy (non-hydrogen) atoms. The summed E-state index contributed by atoms with van der Waals surface area (Å²) in [6.45, 7) is 3.39. The highest BCUT2D eigenvalue weighted by atomic mass is 16.5. The van der Waals surface area contributed by atoms with Gasteiger partial charge in [0.25, 0.3) is 5.91 Å². The minimum absolute atomic E-state index is 0.0187. The van der Waals surface area contributed by atoms with Gasteiger partial charge in [-0.3, -0.25) is 4.79 Å². The first-order chi connectivity index (χ1) is 12.7. The molecule has 0 unspecified atom stereocenters. The first-order valence-electron chi connectivity index (χ1n) is 8.70. The van der Waals surface area contributed by atoms with Crippen LogP contribution in [0.2, 0.25) is 0 Å². The third-order valence-electron chi connectivity index (χ3n) is 4.44. The van der Waals surface area contributed by atoms with Gasteiger partial charge in [-0.25, -0.2) is 4.98 Å². The average Bonchev–Trinajstić information content (AvgIpc) is 3.08. The lowest BCUT2D eigenvalue weighted by molar-refractivity contribution is 0.0718. The van der Waals surface area contributed by atoms with Crippen molar-refractivity contribution >= 4 is 5.91 Å². The standard InChI is InChI=1S/C21H20N2O3/c1-15-6-5-9-17(12-15)25-14-20-22-18-10-11-23(13-19(18)26-20)21(24)16-7-3-2-4-8-16/h2-9,12H,10-11,13-14H2,1H3. The molecule has 0 bridgehead atoms. The van der Waals surface area contributed by atoms with Crippen LogP contribution in [-0.2, 0) is 19.6 Å². The van der Waals surface area contributed by atoms with Gasteiger partial charge in [-0.05, 0) is 36.8 Å². The lowest BCUT2D eigenvalue weighted by atomic mass is 10.1. The van der Waals surface area contributed by atoms with Crippen molar-refractivity contribution in [2.45, 2.75) is 26.5 Å². The van der Waals surface area contributed by atoms with Crippen molar-refractivity contribution in [3.63, 3.8) is 0 Å². The molecule has 3 aromatic rings. The number of aromatic nitrogens is 1. The van der Waals surface area contributed by atoms with Crippen LogP contribution in [0.4, 0.5) is 0 Å². The molecule has 0 aliphatic carbocycles. The molecule has 0 saturated heterocycles. The Balaban J connectivity index is 1.43. The van der Waals surface area contributed by atoms with Gasteiger partial charge >= 0.3 is 0 Å². The number of fused-ring (bicyclic) bond motifs is 1. The van der Waals surface area contributed by atoms with E-state index >= 15 is 0 Å².